The maximum atomic E-state index is 12.5. The van der Waals surface area contributed by atoms with E-state index in [1.165, 1.54) is 18.2 Å². The summed E-state index contributed by atoms with van der Waals surface area (Å²) in [5.74, 6) is -0.839. The maximum Gasteiger partial charge on any atom is 0.339 e. The Kier molecular flexibility index (Phi) is 6.09. The number of sulfonamides is 1. The van der Waals surface area contributed by atoms with Crippen LogP contribution in [0.5, 0.6) is 0 Å². The number of ether oxygens (including phenoxy) is 1. The van der Waals surface area contributed by atoms with Gasteiger partial charge in [0.15, 0.2) is 0 Å². The highest BCUT2D eigenvalue weighted by atomic mass is 32.2. The normalized spacial score (nSPS) is 11.6. The number of nitrogens with two attached hydrogens (primary N) is 1. The zero-order valence-corrected chi connectivity index (χ0v) is 12.3. The largest absolute Gasteiger partial charge is 0.465 e. The van der Waals surface area contributed by atoms with Gasteiger partial charge in [-0.25, -0.2) is 13.2 Å². The number of esters is 1. The third-order valence-corrected chi connectivity index (χ3v) is 4.68. The van der Waals surface area contributed by atoms with Gasteiger partial charge in [0.1, 0.15) is 0 Å². The molecule has 0 saturated carbocycles. The van der Waals surface area contributed by atoms with E-state index in [1.807, 2.05) is 0 Å². The number of nitrogen functional groups attached to an aromatic ring is 1. The highest BCUT2D eigenvalue weighted by Gasteiger charge is 2.29. The van der Waals surface area contributed by atoms with Gasteiger partial charge in [-0.3, -0.25) is 0 Å². The summed E-state index contributed by atoms with van der Waals surface area (Å²) in [7, 11) is -2.94. The van der Waals surface area contributed by atoms with Crippen LogP contribution in [0, 0.1) is 0 Å². The number of aliphatic hydroxyl groups is 2. The quantitative estimate of drug-likeness (QED) is 0.435. The Bertz CT molecular complexity index is 596. The molecule has 0 aromatic heterocycles. The van der Waals surface area contributed by atoms with Crippen molar-refractivity contribution >= 4 is 21.7 Å². The molecular weight excluding hydrogens is 300 g/mol. The molecule has 0 atom stereocenters. The van der Waals surface area contributed by atoms with Gasteiger partial charge in [-0.1, -0.05) is 0 Å². The Balaban J connectivity index is 3.39. The molecule has 0 bridgehead atoms. The van der Waals surface area contributed by atoms with Gasteiger partial charge in [0, 0.05) is 18.8 Å². The minimum absolute atomic E-state index is 0.196. The molecule has 0 amide bonds. The number of anilines is 1. The van der Waals surface area contributed by atoms with Crippen LogP contribution in [-0.4, -0.2) is 62.3 Å². The van der Waals surface area contributed by atoms with E-state index in [0.717, 1.165) is 11.4 Å². The summed E-state index contributed by atoms with van der Waals surface area (Å²) in [5.41, 5.74) is 5.58. The van der Waals surface area contributed by atoms with Gasteiger partial charge >= 0.3 is 5.97 Å². The summed E-state index contributed by atoms with van der Waals surface area (Å²) in [5, 5.41) is 17.9. The van der Waals surface area contributed by atoms with Crippen LogP contribution in [0.2, 0.25) is 0 Å². The molecule has 0 aliphatic rings. The Hall–Kier alpha value is -1.68. The average Bonchev–Trinajstić information content (AvgIpc) is 2.45. The first-order chi connectivity index (χ1) is 9.88. The second-order valence-electron chi connectivity index (χ2n) is 4.10. The molecule has 9 heteroatoms. The predicted octanol–water partition coefficient (Wildman–Crippen LogP) is -0.969. The summed E-state index contributed by atoms with van der Waals surface area (Å²) in [4.78, 5) is 11.4. The molecule has 118 valence electrons. The molecule has 1 rings (SSSR count). The number of carbonyl (C=O) groups excluding carboxylic acids is 1. The lowest BCUT2D eigenvalue weighted by atomic mass is 10.2. The Morgan fingerprint density at radius 3 is 2.33 bits per heavy atom. The van der Waals surface area contributed by atoms with Gasteiger partial charge < -0.3 is 20.7 Å². The van der Waals surface area contributed by atoms with Crippen molar-refractivity contribution in [3.05, 3.63) is 23.8 Å². The molecule has 1 aromatic rings. The minimum atomic E-state index is -4.07. The number of carbonyl (C=O) groups is 1. The van der Waals surface area contributed by atoms with Crippen molar-refractivity contribution in [2.24, 2.45) is 0 Å². The predicted molar refractivity (Wildman–Crippen MR) is 75.1 cm³/mol. The lowest BCUT2D eigenvalue weighted by molar-refractivity contribution is 0.0596. The van der Waals surface area contributed by atoms with E-state index >= 15 is 0 Å². The summed E-state index contributed by atoms with van der Waals surface area (Å²) in [6.07, 6.45) is 0. The monoisotopic (exact) mass is 318 g/mol. The first-order valence-electron chi connectivity index (χ1n) is 6.08. The molecule has 0 aliphatic heterocycles. The summed E-state index contributed by atoms with van der Waals surface area (Å²) >= 11 is 0. The van der Waals surface area contributed by atoms with Crippen LogP contribution in [0.3, 0.4) is 0 Å². The highest BCUT2D eigenvalue weighted by Crippen LogP contribution is 2.23. The van der Waals surface area contributed by atoms with Crippen molar-refractivity contribution in [2.45, 2.75) is 4.90 Å². The Morgan fingerprint density at radius 2 is 1.86 bits per heavy atom. The van der Waals surface area contributed by atoms with Crippen molar-refractivity contribution in [1.82, 2.24) is 4.31 Å². The third-order valence-electron chi connectivity index (χ3n) is 2.73. The number of hydrogen-bond acceptors (Lipinski definition) is 7. The maximum absolute atomic E-state index is 12.5. The molecule has 0 unspecified atom stereocenters. The van der Waals surface area contributed by atoms with Crippen LogP contribution >= 0.6 is 0 Å². The first kappa shape index (κ1) is 17.4. The van der Waals surface area contributed by atoms with E-state index in [2.05, 4.69) is 4.74 Å². The second-order valence-corrected chi connectivity index (χ2v) is 6.00. The molecule has 0 spiro atoms. The SMILES string of the molecule is COC(=O)c1cc(N)ccc1S(=O)(=O)N(CCO)CCO. The van der Waals surface area contributed by atoms with Crippen molar-refractivity contribution in [1.29, 1.82) is 0 Å². The molecule has 0 radical (unpaired) electrons. The number of rotatable bonds is 7. The number of nitrogens with zero attached hydrogens (tertiary/aromatic N) is 1. The van der Waals surface area contributed by atoms with E-state index < -0.39 is 29.2 Å². The summed E-state index contributed by atoms with van der Waals surface area (Å²) in [6, 6.07) is 3.74. The molecule has 8 nitrogen and oxygen atoms in total. The van der Waals surface area contributed by atoms with Gasteiger partial charge in [0.05, 0.1) is 30.8 Å². The van der Waals surface area contributed by atoms with Crippen molar-refractivity contribution in [3.8, 4) is 0 Å². The van der Waals surface area contributed by atoms with Gasteiger partial charge in [0.25, 0.3) is 0 Å². The standard InChI is InChI=1S/C12H18N2O6S/c1-20-12(17)10-8-9(13)2-3-11(10)21(18,19)14(4-6-15)5-7-16/h2-3,8,15-16H,4-7,13H2,1H3. The number of benzene rings is 1. The molecule has 0 fully saturated rings. The van der Waals surface area contributed by atoms with Crippen molar-refractivity contribution < 1.29 is 28.2 Å². The van der Waals surface area contributed by atoms with Gasteiger partial charge in [-0.2, -0.15) is 4.31 Å². The van der Waals surface area contributed by atoms with E-state index in [1.54, 1.807) is 0 Å². The average molecular weight is 318 g/mol. The number of methoxy groups -OCH3 is 1. The van der Waals surface area contributed by atoms with E-state index in [0.29, 0.717) is 0 Å². The third kappa shape index (κ3) is 3.91. The van der Waals surface area contributed by atoms with Crippen LogP contribution in [0.15, 0.2) is 23.1 Å². The molecule has 0 aliphatic carbocycles. The van der Waals surface area contributed by atoms with Crippen LogP contribution in [0.1, 0.15) is 10.4 Å². The molecule has 1 aromatic carbocycles. The van der Waals surface area contributed by atoms with Gasteiger partial charge in [-0.15, -0.1) is 0 Å². The summed E-state index contributed by atoms with van der Waals surface area (Å²) < 4.78 is 30.5. The Labute approximate surface area is 122 Å². The summed E-state index contributed by atoms with van der Waals surface area (Å²) in [6.45, 7) is -1.23. The van der Waals surface area contributed by atoms with E-state index in [-0.39, 0.29) is 29.2 Å². The van der Waals surface area contributed by atoms with Crippen molar-refractivity contribution in [2.75, 3.05) is 39.1 Å². The van der Waals surface area contributed by atoms with Crippen LogP contribution in [0.4, 0.5) is 5.69 Å². The fourth-order valence-electron chi connectivity index (χ4n) is 1.76. The molecule has 0 heterocycles. The first-order valence-corrected chi connectivity index (χ1v) is 7.52. The minimum Gasteiger partial charge on any atom is -0.465 e. The second kappa shape index (κ2) is 7.36. The fraction of sp³-hybridized carbons (Fsp3) is 0.417. The number of hydrogen-bond donors (Lipinski definition) is 3. The highest BCUT2D eigenvalue weighted by molar-refractivity contribution is 7.89. The van der Waals surface area contributed by atoms with E-state index in [9.17, 15) is 13.2 Å². The molecule has 4 N–H and O–H groups in total. The van der Waals surface area contributed by atoms with Gasteiger partial charge in [-0.05, 0) is 18.2 Å². The fourth-order valence-corrected chi connectivity index (χ4v) is 3.34. The topological polar surface area (TPSA) is 130 Å². The number of aliphatic hydroxyl groups excluding tert-OH is 2. The van der Waals surface area contributed by atoms with Crippen LogP contribution in [-0.2, 0) is 14.8 Å². The van der Waals surface area contributed by atoms with Crippen LogP contribution < -0.4 is 5.73 Å². The van der Waals surface area contributed by atoms with E-state index in [4.69, 9.17) is 15.9 Å². The van der Waals surface area contributed by atoms with Crippen LogP contribution in [0.25, 0.3) is 0 Å². The zero-order valence-electron chi connectivity index (χ0n) is 11.5. The lowest BCUT2D eigenvalue weighted by Gasteiger charge is -2.21. The smallest absolute Gasteiger partial charge is 0.339 e. The van der Waals surface area contributed by atoms with Crippen molar-refractivity contribution in [3.63, 3.8) is 0 Å². The lowest BCUT2D eigenvalue weighted by Crippen LogP contribution is -2.36. The Morgan fingerprint density at radius 1 is 1.29 bits per heavy atom. The molecule has 0 saturated heterocycles. The molecule has 21 heavy (non-hydrogen) atoms. The molecular formula is C12H18N2O6S. The zero-order chi connectivity index (χ0) is 16.0. The van der Waals surface area contributed by atoms with Gasteiger partial charge in [0.2, 0.25) is 10.0 Å².